The molecule has 0 radical (unpaired) electrons. The molecule has 0 unspecified atom stereocenters. The first kappa shape index (κ1) is 24.3. The van der Waals surface area contributed by atoms with E-state index < -0.39 is 0 Å². The monoisotopic (exact) mass is 432 g/mol. The molecule has 0 N–H and O–H groups in total. The molecule has 0 aromatic heterocycles. The maximum atomic E-state index is 12.1. The van der Waals surface area contributed by atoms with Crippen molar-refractivity contribution in [1.82, 2.24) is 0 Å². The fourth-order valence-corrected chi connectivity index (χ4v) is 4.82. The summed E-state index contributed by atoms with van der Waals surface area (Å²) in [5.41, 5.74) is 9.27. The number of esters is 1. The Balaban J connectivity index is 1.99. The van der Waals surface area contributed by atoms with Crippen molar-refractivity contribution in [1.29, 1.82) is 0 Å². The lowest BCUT2D eigenvalue weighted by Gasteiger charge is -2.42. The highest BCUT2D eigenvalue weighted by molar-refractivity contribution is 5.90. The van der Waals surface area contributed by atoms with Crippen LogP contribution in [-0.4, -0.2) is 12.6 Å². The van der Waals surface area contributed by atoms with E-state index >= 15 is 0 Å². The molecule has 2 aromatic carbocycles. The Morgan fingerprint density at radius 1 is 0.938 bits per heavy atom. The first-order valence-electron chi connectivity index (χ1n) is 12.2. The normalized spacial score (nSPS) is 17.0. The second-order valence-electron chi connectivity index (χ2n) is 10.7. The van der Waals surface area contributed by atoms with Crippen LogP contribution in [0, 0.1) is 0 Å². The molecular formula is C30H40O2. The third kappa shape index (κ3) is 5.17. The van der Waals surface area contributed by atoms with Crippen LogP contribution in [0.4, 0.5) is 0 Å². The molecule has 0 aliphatic heterocycles. The third-order valence-corrected chi connectivity index (χ3v) is 6.99. The van der Waals surface area contributed by atoms with Gasteiger partial charge in [-0.15, -0.1) is 0 Å². The van der Waals surface area contributed by atoms with E-state index in [-0.39, 0.29) is 16.8 Å². The van der Waals surface area contributed by atoms with Crippen LogP contribution in [0.15, 0.2) is 36.4 Å². The van der Waals surface area contributed by atoms with Gasteiger partial charge < -0.3 is 4.74 Å². The predicted octanol–water partition coefficient (Wildman–Crippen LogP) is 8.12. The molecular weight excluding hydrogens is 392 g/mol. The van der Waals surface area contributed by atoms with Gasteiger partial charge in [-0.05, 0) is 89.0 Å². The van der Waals surface area contributed by atoms with Crippen molar-refractivity contribution in [3.8, 4) is 0 Å². The van der Waals surface area contributed by atoms with Gasteiger partial charge in [0.1, 0.15) is 0 Å². The molecule has 0 saturated carbocycles. The Morgan fingerprint density at radius 2 is 1.53 bits per heavy atom. The number of fused-ring (bicyclic) bond motifs is 1. The largest absolute Gasteiger partial charge is 0.462 e. The SMILES string of the molecule is CCCOC(=O)c1ccc(C=C(C)c2cc3c(cc2CCC)C(C)(C)CCC3(C)C)cc1. The van der Waals surface area contributed by atoms with E-state index in [9.17, 15) is 4.79 Å². The van der Waals surface area contributed by atoms with Crippen molar-refractivity contribution in [2.24, 2.45) is 0 Å². The molecule has 0 atom stereocenters. The molecule has 0 saturated heterocycles. The molecule has 2 heteroatoms. The summed E-state index contributed by atoms with van der Waals surface area (Å²) in [5, 5.41) is 0. The molecule has 0 amide bonds. The van der Waals surface area contributed by atoms with Crippen LogP contribution in [-0.2, 0) is 22.0 Å². The minimum absolute atomic E-state index is 0.200. The Labute approximate surface area is 195 Å². The molecule has 2 aromatic rings. The van der Waals surface area contributed by atoms with E-state index in [1.54, 1.807) is 0 Å². The van der Waals surface area contributed by atoms with Crippen LogP contribution in [0.1, 0.15) is 112 Å². The topological polar surface area (TPSA) is 26.3 Å². The maximum absolute atomic E-state index is 12.1. The maximum Gasteiger partial charge on any atom is 0.338 e. The molecule has 0 spiro atoms. The quantitative estimate of drug-likeness (QED) is 0.326. The van der Waals surface area contributed by atoms with Crippen LogP contribution in [0.5, 0.6) is 0 Å². The molecule has 0 heterocycles. The van der Waals surface area contributed by atoms with Gasteiger partial charge in [0.2, 0.25) is 0 Å². The van der Waals surface area contributed by atoms with Crippen molar-refractivity contribution in [2.45, 2.75) is 91.4 Å². The summed E-state index contributed by atoms with van der Waals surface area (Å²) in [6.07, 6.45) is 7.76. The number of hydrogen-bond donors (Lipinski definition) is 0. The molecule has 2 nitrogen and oxygen atoms in total. The highest BCUT2D eigenvalue weighted by atomic mass is 16.5. The van der Waals surface area contributed by atoms with Crippen LogP contribution < -0.4 is 0 Å². The Kier molecular flexibility index (Phi) is 7.32. The lowest BCUT2D eigenvalue weighted by atomic mass is 9.62. The van der Waals surface area contributed by atoms with E-state index in [0.29, 0.717) is 12.2 Å². The summed E-state index contributed by atoms with van der Waals surface area (Å²) in [4.78, 5) is 12.1. The first-order valence-corrected chi connectivity index (χ1v) is 12.2. The average molecular weight is 433 g/mol. The number of benzene rings is 2. The number of aryl methyl sites for hydroxylation is 1. The second kappa shape index (κ2) is 9.65. The molecule has 172 valence electrons. The van der Waals surface area contributed by atoms with Gasteiger partial charge in [0, 0.05) is 0 Å². The summed E-state index contributed by atoms with van der Waals surface area (Å²) in [7, 11) is 0. The summed E-state index contributed by atoms with van der Waals surface area (Å²) in [6, 6.07) is 12.7. The Morgan fingerprint density at radius 3 is 2.09 bits per heavy atom. The standard InChI is InChI=1S/C30H40O2/c1-8-10-24-19-26-27(30(6,7)16-15-29(26,4)5)20-25(24)21(3)18-22-11-13-23(14-12-22)28(31)32-17-9-2/h11-14,18-20H,8-10,15-17H2,1-7H3. The van der Waals surface area contributed by atoms with Crippen molar-refractivity contribution in [3.05, 3.63) is 69.8 Å². The second-order valence-corrected chi connectivity index (χ2v) is 10.7. The van der Waals surface area contributed by atoms with Crippen LogP contribution in [0.3, 0.4) is 0 Å². The van der Waals surface area contributed by atoms with Crippen LogP contribution >= 0.6 is 0 Å². The zero-order chi connectivity index (χ0) is 23.5. The van der Waals surface area contributed by atoms with Gasteiger partial charge in [-0.2, -0.15) is 0 Å². The van der Waals surface area contributed by atoms with Crippen LogP contribution in [0.2, 0.25) is 0 Å². The van der Waals surface area contributed by atoms with Crippen molar-refractivity contribution in [2.75, 3.05) is 6.61 Å². The first-order chi connectivity index (χ1) is 15.1. The zero-order valence-electron chi connectivity index (χ0n) is 21.1. The summed E-state index contributed by atoms with van der Waals surface area (Å²) in [6.45, 7) is 16.5. The summed E-state index contributed by atoms with van der Waals surface area (Å²) >= 11 is 0. The smallest absolute Gasteiger partial charge is 0.338 e. The van der Waals surface area contributed by atoms with Gasteiger partial charge in [0.15, 0.2) is 0 Å². The number of hydrogen-bond acceptors (Lipinski definition) is 2. The predicted molar refractivity (Wildman–Crippen MR) is 136 cm³/mol. The van der Waals surface area contributed by atoms with Gasteiger partial charge in [0.25, 0.3) is 0 Å². The Bertz CT molecular complexity index is 990. The van der Waals surface area contributed by atoms with Gasteiger partial charge in [-0.25, -0.2) is 4.79 Å². The van der Waals surface area contributed by atoms with E-state index in [2.05, 4.69) is 59.8 Å². The number of ether oxygens (including phenoxy) is 1. The van der Waals surface area contributed by atoms with Gasteiger partial charge in [-0.3, -0.25) is 0 Å². The van der Waals surface area contributed by atoms with Crippen LogP contribution in [0.25, 0.3) is 11.6 Å². The average Bonchev–Trinajstić information content (AvgIpc) is 2.75. The highest BCUT2D eigenvalue weighted by Crippen LogP contribution is 2.47. The zero-order valence-corrected chi connectivity index (χ0v) is 21.1. The number of carbonyl (C=O) groups excluding carboxylic acids is 1. The number of allylic oxidation sites excluding steroid dienone is 1. The molecule has 1 aliphatic carbocycles. The third-order valence-electron chi connectivity index (χ3n) is 6.99. The number of carbonyl (C=O) groups is 1. The lowest BCUT2D eigenvalue weighted by Crippen LogP contribution is -2.34. The van der Waals surface area contributed by atoms with Gasteiger partial charge in [-0.1, -0.05) is 78.3 Å². The summed E-state index contributed by atoms with van der Waals surface area (Å²) in [5.74, 6) is -0.246. The molecule has 3 rings (SSSR count). The summed E-state index contributed by atoms with van der Waals surface area (Å²) < 4.78 is 5.24. The van der Waals surface area contributed by atoms with Crippen molar-refractivity contribution < 1.29 is 9.53 Å². The minimum atomic E-state index is -0.246. The fraction of sp³-hybridized carbons (Fsp3) is 0.500. The molecule has 0 fully saturated rings. The van der Waals surface area contributed by atoms with E-state index in [1.807, 2.05) is 31.2 Å². The van der Waals surface area contributed by atoms with Gasteiger partial charge in [0.05, 0.1) is 12.2 Å². The molecule has 32 heavy (non-hydrogen) atoms. The van der Waals surface area contributed by atoms with E-state index in [0.717, 1.165) is 24.8 Å². The van der Waals surface area contributed by atoms with Crippen molar-refractivity contribution >= 4 is 17.6 Å². The molecule has 1 aliphatic rings. The lowest BCUT2D eigenvalue weighted by molar-refractivity contribution is 0.0505. The highest BCUT2D eigenvalue weighted by Gasteiger charge is 2.37. The fourth-order valence-electron chi connectivity index (χ4n) is 4.82. The Hall–Kier alpha value is -2.35. The van der Waals surface area contributed by atoms with E-state index in [1.165, 1.54) is 40.7 Å². The van der Waals surface area contributed by atoms with Gasteiger partial charge >= 0.3 is 5.97 Å². The van der Waals surface area contributed by atoms with E-state index in [4.69, 9.17) is 4.74 Å². The molecule has 0 bridgehead atoms. The van der Waals surface area contributed by atoms with Crippen molar-refractivity contribution in [3.63, 3.8) is 0 Å². The minimum Gasteiger partial charge on any atom is -0.462 e. The number of rotatable bonds is 7.